The minimum Gasteiger partial charge on any atom is -0.504 e. The predicted molar refractivity (Wildman–Crippen MR) is 71.1 cm³/mol. The predicted octanol–water partition coefficient (Wildman–Crippen LogP) is 1.69. The van der Waals surface area contributed by atoms with Gasteiger partial charge in [-0.1, -0.05) is 0 Å². The molecule has 0 bridgehead atoms. The number of nitrogen functional groups attached to an aromatic ring is 1. The van der Waals surface area contributed by atoms with E-state index >= 15 is 0 Å². The molecular formula is C13H12N4O2. The summed E-state index contributed by atoms with van der Waals surface area (Å²) in [5, 5.41) is 14.0. The third-order valence-electron chi connectivity index (χ3n) is 2.81. The molecule has 0 saturated carbocycles. The Balaban J connectivity index is 2.12. The summed E-state index contributed by atoms with van der Waals surface area (Å²) < 4.78 is 6.70. The van der Waals surface area contributed by atoms with Gasteiger partial charge in [0.25, 0.3) is 0 Å². The van der Waals surface area contributed by atoms with E-state index in [-0.39, 0.29) is 5.75 Å². The van der Waals surface area contributed by atoms with Crippen molar-refractivity contribution >= 4 is 11.5 Å². The van der Waals surface area contributed by atoms with Crippen LogP contribution in [0.4, 0.5) is 5.82 Å². The average Bonchev–Trinajstić information content (AvgIpc) is 2.78. The Kier molecular flexibility index (Phi) is 2.49. The first-order chi connectivity index (χ1) is 9.17. The van der Waals surface area contributed by atoms with E-state index in [4.69, 9.17) is 10.5 Å². The summed E-state index contributed by atoms with van der Waals surface area (Å²) in [6.07, 6.45) is 1.65. The van der Waals surface area contributed by atoms with Crippen LogP contribution >= 0.6 is 0 Å². The lowest BCUT2D eigenvalue weighted by Gasteiger charge is -2.06. The van der Waals surface area contributed by atoms with Gasteiger partial charge in [0.1, 0.15) is 5.82 Å². The van der Waals surface area contributed by atoms with Crippen molar-refractivity contribution in [3.05, 3.63) is 36.5 Å². The lowest BCUT2D eigenvalue weighted by molar-refractivity contribution is 0.373. The normalized spacial score (nSPS) is 10.8. The number of phenols is 1. The summed E-state index contributed by atoms with van der Waals surface area (Å²) in [5.41, 5.74) is 7.88. The quantitative estimate of drug-likeness (QED) is 0.728. The average molecular weight is 256 g/mol. The van der Waals surface area contributed by atoms with Gasteiger partial charge < -0.3 is 15.6 Å². The van der Waals surface area contributed by atoms with Crippen molar-refractivity contribution in [2.24, 2.45) is 0 Å². The second-order valence-electron chi connectivity index (χ2n) is 4.07. The summed E-state index contributed by atoms with van der Waals surface area (Å²) in [7, 11) is 1.51. The van der Waals surface area contributed by atoms with Crippen LogP contribution in [-0.2, 0) is 0 Å². The molecule has 2 heterocycles. The molecular weight excluding hydrogens is 244 g/mol. The van der Waals surface area contributed by atoms with Crippen molar-refractivity contribution in [2.45, 2.75) is 0 Å². The number of hydrogen-bond donors (Lipinski definition) is 2. The van der Waals surface area contributed by atoms with Gasteiger partial charge in [0, 0.05) is 5.56 Å². The molecule has 19 heavy (non-hydrogen) atoms. The van der Waals surface area contributed by atoms with E-state index in [1.807, 2.05) is 12.1 Å². The molecule has 3 rings (SSSR count). The number of phenolic OH excluding ortho intramolecular Hbond substituents is 1. The van der Waals surface area contributed by atoms with E-state index in [1.54, 1.807) is 28.9 Å². The molecule has 0 radical (unpaired) electrons. The van der Waals surface area contributed by atoms with Gasteiger partial charge in [-0.15, -0.1) is 0 Å². The highest BCUT2D eigenvalue weighted by Crippen LogP contribution is 2.30. The van der Waals surface area contributed by atoms with Gasteiger partial charge in [0.2, 0.25) is 0 Å². The van der Waals surface area contributed by atoms with Crippen LogP contribution in [0.2, 0.25) is 0 Å². The molecule has 0 aliphatic rings. The molecule has 2 aromatic heterocycles. The Hall–Kier alpha value is -2.76. The van der Waals surface area contributed by atoms with E-state index in [0.717, 1.165) is 11.3 Å². The van der Waals surface area contributed by atoms with Crippen molar-refractivity contribution in [3.63, 3.8) is 0 Å². The molecule has 0 aliphatic heterocycles. The van der Waals surface area contributed by atoms with Gasteiger partial charge >= 0.3 is 0 Å². The largest absolute Gasteiger partial charge is 0.504 e. The molecule has 0 atom stereocenters. The minimum absolute atomic E-state index is 0.0965. The summed E-state index contributed by atoms with van der Waals surface area (Å²) in [4.78, 5) is 4.11. The Morgan fingerprint density at radius 1 is 1.26 bits per heavy atom. The molecule has 6 nitrogen and oxygen atoms in total. The number of aromatic hydroxyl groups is 1. The number of anilines is 1. The summed E-state index contributed by atoms with van der Waals surface area (Å²) in [5.74, 6) is 0.927. The van der Waals surface area contributed by atoms with Gasteiger partial charge in [0.05, 0.1) is 19.0 Å². The maximum Gasteiger partial charge on any atom is 0.161 e. The lowest BCUT2D eigenvalue weighted by Crippen LogP contribution is -1.93. The molecule has 3 aromatic rings. The number of methoxy groups -OCH3 is 1. The zero-order chi connectivity index (χ0) is 13.4. The van der Waals surface area contributed by atoms with Gasteiger partial charge in [-0.25, -0.2) is 9.50 Å². The molecule has 0 saturated heterocycles. The highest BCUT2D eigenvalue weighted by Gasteiger charge is 2.07. The second kappa shape index (κ2) is 4.16. The maximum atomic E-state index is 9.58. The van der Waals surface area contributed by atoms with Crippen molar-refractivity contribution in [3.8, 4) is 22.8 Å². The number of benzene rings is 1. The van der Waals surface area contributed by atoms with E-state index in [2.05, 4.69) is 10.1 Å². The highest BCUT2D eigenvalue weighted by atomic mass is 16.5. The standard InChI is InChI=1S/C13H12N4O2/c1-19-11-6-8(2-4-10(11)18)9-3-5-13-15-12(14)7-17(13)16-9/h2-7,18H,14H2,1H3. The van der Waals surface area contributed by atoms with Gasteiger partial charge in [-0.05, 0) is 30.3 Å². The van der Waals surface area contributed by atoms with Crippen LogP contribution in [-0.4, -0.2) is 26.8 Å². The number of nitrogens with zero attached hydrogens (tertiary/aromatic N) is 3. The smallest absolute Gasteiger partial charge is 0.161 e. The van der Waals surface area contributed by atoms with Gasteiger partial charge in [0.15, 0.2) is 17.1 Å². The zero-order valence-electron chi connectivity index (χ0n) is 10.2. The molecule has 6 heteroatoms. The zero-order valence-corrected chi connectivity index (χ0v) is 10.2. The first-order valence-corrected chi connectivity index (χ1v) is 5.66. The topological polar surface area (TPSA) is 85.7 Å². The monoisotopic (exact) mass is 256 g/mol. The van der Waals surface area contributed by atoms with Gasteiger partial charge in [-0.2, -0.15) is 5.10 Å². The number of fused-ring (bicyclic) bond motifs is 1. The molecule has 0 unspecified atom stereocenters. The SMILES string of the molecule is COc1cc(-c2ccc3nc(N)cn3n2)ccc1O. The Morgan fingerprint density at radius 2 is 2.11 bits per heavy atom. The Morgan fingerprint density at radius 3 is 2.89 bits per heavy atom. The minimum atomic E-state index is 0.0965. The maximum absolute atomic E-state index is 9.58. The number of hydrogen-bond acceptors (Lipinski definition) is 5. The summed E-state index contributed by atoms with van der Waals surface area (Å²) in [6, 6.07) is 8.74. The van der Waals surface area contributed by atoms with Crippen molar-refractivity contribution < 1.29 is 9.84 Å². The number of rotatable bonds is 2. The Bertz CT molecular complexity index is 751. The first kappa shape index (κ1) is 11.3. The van der Waals surface area contributed by atoms with Gasteiger partial charge in [-0.3, -0.25) is 0 Å². The number of nitrogens with two attached hydrogens (primary N) is 1. The second-order valence-corrected chi connectivity index (χ2v) is 4.07. The van der Waals surface area contributed by atoms with Crippen LogP contribution in [0, 0.1) is 0 Å². The fourth-order valence-corrected chi connectivity index (χ4v) is 1.89. The number of imidazole rings is 1. The number of ether oxygens (including phenoxy) is 1. The van der Waals surface area contributed by atoms with Crippen LogP contribution in [0.1, 0.15) is 0 Å². The third kappa shape index (κ3) is 1.93. The van der Waals surface area contributed by atoms with Crippen molar-refractivity contribution in [2.75, 3.05) is 12.8 Å². The fourth-order valence-electron chi connectivity index (χ4n) is 1.89. The third-order valence-corrected chi connectivity index (χ3v) is 2.81. The Labute approximate surface area is 109 Å². The highest BCUT2D eigenvalue weighted by molar-refractivity contribution is 5.64. The van der Waals surface area contributed by atoms with Crippen LogP contribution in [0.3, 0.4) is 0 Å². The van der Waals surface area contributed by atoms with Crippen molar-refractivity contribution in [1.29, 1.82) is 0 Å². The number of aromatic nitrogens is 3. The first-order valence-electron chi connectivity index (χ1n) is 5.66. The molecule has 0 aliphatic carbocycles. The summed E-state index contributed by atoms with van der Waals surface area (Å²) >= 11 is 0. The molecule has 1 aromatic carbocycles. The van der Waals surface area contributed by atoms with E-state index < -0.39 is 0 Å². The van der Waals surface area contributed by atoms with E-state index in [0.29, 0.717) is 17.2 Å². The van der Waals surface area contributed by atoms with Crippen LogP contribution < -0.4 is 10.5 Å². The fraction of sp³-hybridized carbons (Fsp3) is 0.0769. The summed E-state index contributed by atoms with van der Waals surface area (Å²) in [6.45, 7) is 0. The molecule has 96 valence electrons. The molecule has 0 fully saturated rings. The van der Waals surface area contributed by atoms with Crippen molar-refractivity contribution in [1.82, 2.24) is 14.6 Å². The molecule has 3 N–H and O–H groups in total. The van der Waals surface area contributed by atoms with Crippen LogP contribution in [0.15, 0.2) is 36.5 Å². The lowest BCUT2D eigenvalue weighted by atomic mass is 10.1. The molecule has 0 spiro atoms. The van der Waals surface area contributed by atoms with Crippen LogP contribution in [0.25, 0.3) is 16.9 Å². The molecule has 0 amide bonds. The van der Waals surface area contributed by atoms with Crippen LogP contribution in [0.5, 0.6) is 11.5 Å². The van der Waals surface area contributed by atoms with E-state index in [1.165, 1.54) is 7.11 Å². The van der Waals surface area contributed by atoms with E-state index in [9.17, 15) is 5.11 Å².